The highest BCUT2D eigenvalue weighted by Crippen LogP contribution is 2.32. The van der Waals surface area contributed by atoms with Crippen LogP contribution in [0.1, 0.15) is 39.5 Å². The second-order valence-corrected chi connectivity index (χ2v) is 4.98. The predicted molar refractivity (Wildman–Crippen MR) is 66.7 cm³/mol. The number of hydrogen-bond acceptors (Lipinski definition) is 3. The smallest absolute Gasteiger partial charge is 0.0618 e. The summed E-state index contributed by atoms with van der Waals surface area (Å²) in [6.07, 6.45) is 5.45. The molecule has 0 aromatic heterocycles. The number of methoxy groups -OCH3 is 1. The summed E-state index contributed by atoms with van der Waals surface area (Å²) in [5.74, 6) is 0.867. The number of hydrogen-bond donors (Lipinski definition) is 1. The van der Waals surface area contributed by atoms with Crippen molar-refractivity contribution in [2.75, 3.05) is 26.9 Å². The van der Waals surface area contributed by atoms with Crippen LogP contribution in [0.3, 0.4) is 0 Å². The third kappa shape index (κ3) is 6.46. The van der Waals surface area contributed by atoms with Crippen LogP contribution in [0.25, 0.3) is 0 Å². The van der Waals surface area contributed by atoms with Crippen molar-refractivity contribution in [3.05, 3.63) is 0 Å². The van der Waals surface area contributed by atoms with Crippen LogP contribution in [-0.2, 0) is 9.47 Å². The highest BCUT2D eigenvalue weighted by Gasteiger charge is 2.30. The quantitative estimate of drug-likeness (QED) is 0.583. The van der Waals surface area contributed by atoms with E-state index in [-0.39, 0.29) is 0 Å². The van der Waals surface area contributed by atoms with Crippen LogP contribution in [-0.4, -0.2) is 39.0 Å². The van der Waals surface area contributed by atoms with Gasteiger partial charge < -0.3 is 14.8 Å². The Morgan fingerprint density at radius 3 is 2.56 bits per heavy atom. The van der Waals surface area contributed by atoms with Crippen LogP contribution in [0.5, 0.6) is 0 Å². The van der Waals surface area contributed by atoms with Gasteiger partial charge in [-0.25, -0.2) is 0 Å². The molecular weight excluding hydrogens is 202 g/mol. The van der Waals surface area contributed by atoms with Gasteiger partial charge in [-0.1, -0.05) is 0 Å². The van der Waals surface area contributed by atoms with Gasteiger partial charge in [0.2, 0.25) is 0 Å². The summed E-state index contributed by atoms with van der Waals surface area (Å²) in [6, 6.07) is 0.580. The van der Waals surface area contributed by atoms with Crippen molar-refractivity contribution in [1.82, 2.24) is 5.32 Å². The monoisotopic (exact) mass is 229 g/mol. The molecule has 0 aromatic rings. The molecule has 3 nitrogen and oxygen atoms in total. The number of unbranched alkanes of at least 4 members (excludes halogenated alkanes) is 1. The Morgan fingerprint density at radius 1 is 1.25 bits per heavy atom. The van der Waals surface area contributed by atoms with Crippen molar-refractivity contribution in [3.63, 3.8) is 0 Å². The molecule has 0 saturated heterocycles. The van der Waals surface area contributed by atoms with Gasteiger partial charge in [-0.2, -0.15) is 0 Å². The van der Waals surface area contributed by atoms with Gasteiger partial charge in [0.25, 0.3) is 0 Å². The molecule has 1 unspecified atom stereocenters. The maximum Gasteiger partial charge on any atom is 0.0618 e. The summed E-state index contributed by atoms with van der Waals surface area (Å²) in [7, 11) is 1.79. The van der Waals surface area contributed by atoms with Gasteiger partial charge >= 0.3 is 0 Å². The number of ether oxygens (including phenoxy) is 2. The largest absolute Gasteiger partial charge is 0.383 e. The maximum absolute atomic E-state index is 5.50. The van der Waals surface area contributed by atoms with E-state index in [1.807, 2.05) is 0 Å². The van der Waals surface area contributed by atoms with E-state index < -0.39 is 0 Å². The van der Waals surface area contributed by atoms with E-state index in [2.05, 4.69) is 19.2 Å². The molecule has 0 spiro atoms. The van der Waals surface area contributed by atoms with Crippen LogP contribution in [0.4, 0.5) is 0 Å². The Balaban J connectivity index is 1.92. The average molecular weight is 229 g/mol. The molecule has 0 bridgehead atoms. The third-order valence-corrected chi connectivity index (χ3v) is 2.97. The normalized spacial score (nSPS) is 18.0. The Bertz CT molecular complexity index is 169. The minimum atomic E-state index is 0.362. The van der Waals surface area contributed by atoms with Gasteiger partial charge in [0, 0.05) is 19.8 Å². The lowest BCUT2D eigenvalue weighted by Gasteiger charge is -2.17. The molecule has 1 rings (SSSR count). The van der Waals surface area contributed by atoms with Crippen LogP contribution in [0.2, 0.25) is 0 Å². The first-order valence-corrected chi connectivity index (χ1v) is 6.58. The molecule has 1 saturated carbocycles. The molecule has 96 valence electrons. The van der Waals surface area contributed by atoms with Gasteiger partial charge in [0.1, 0.15) is 0 Å². The van der Waals surface area contributed by atoms with Crippen molar-refractivity contribution < 1.29 is 9.47 Å². The van der Waals surface area contributed by atoms with E-state index in [0.717, 1.165) is 32.1 Å². The second-order valence-electron chi connectivity index (χ2n) is 4.98. The molecule has 1 fully saturated rings. The van der Waals surface area contributed by atoms with E-state index in [1.165, 1.54) is 19.3 Å². The fraction of sp³-hybridized carbons (Fsp3) is 1.00. The Hall–Kier alpha value is -0.120. The van der Waals surface area contributed by atoms with Crippen LogP contribution >= 0.6 is 0 Å². The van der Waals surface area contributed by atoms with E-state index in [4.69, 9.17) is 9.47 Å². The summed E-state index contributed by atoms with van der Waals surface area (Å²) in [4.78, 5) is 0. The summed E-state index contributed by atoms with van der Waals surface area (Å²) in [5.41, 5.74) is 0. The minimum Gasteiger partial charge on any atom is -0.383 e. The molecule has 0 aromatic carbocycles. The fourth-order valence-electron chi connectivity index (χ4n) is 1.87. The number of rotatable bonds is 10. The zero-order valence-electron chi connectivity index (χ0n) is 11.0. The van der Waals surface area contributed by atoms with Crippen molar-refractivity contribution >= 4 is 0 Å². The molecular formula is C13H27NO2. The van der Waals surface area contributed by atoms with E-state index >= 15 is 0 Å². The van der Waals surface area contributed by atoms with Crippen LogP contribution in [0.15, 0.2) is 0 Å². The SMILES string of the molecule is COCC(NCCCCOC(C)C)C1CC1. The molecule has 16 heavy (non-hydrogen) atoms. The van der Waals surface area contributed by atoms with E-state index in [0.29, 0.717) is 12.1 Å². The molecule has 0 amide bonds. The maximum atomic E-state index is 5.50. The lowest BCUT2D eigenvalue weighted by atomic mass is 10.2. The summed E-state index contributed by atoms with van der Waals surface area (Å²) in [5, 5.41) is 3.59. The highest BCUT2D eigenvalue weighted by molar-refractivity contribution is 4.86. The van der Waals surface area contributed by atoms with E-state index in [9.17, 15) is 0 Å². The van der Waals surface area contributed by atoms with Crippen LogP contribution in [0, 0.1) is 5.92 Å². The molecule has 0 aliphatic heterocycles. The molecule has 1 aliphatic rings. The van der Waals surface area contributed by atoms with Gasteiger partial charge in [-0.15, -0.1) is 0 Å². The van der Waals surface area contributed by atoms with Crippen molar-refractivity contribution in [2.45, 2.75) is 51.7 Å². The van der Waals surface area contributed by atoms with E-state index in [1.54, 1.807) is 7.11 Å². The molecule has 1 N–H and O–H groups in total. The first-order valence-electron chi connectivity index (χ1n) is 6.58. The summed E-state index contributed by atoms with van der Waals surface area (Å²) >= 11 is 0. The standard InChI is InChI=1S/C13H27NO2/c1-11(2)16-9-5-4-8-14-13(10-15-3)12-6-7-12/h11-14H,4-10H2,1-3H3. The molecule has 1 aliphatic carbocycles. The Kier molecular flexibility index (Phi) is 7.01. The number of nitrogens with one attached hydrogen (secondary N) is 1. The average Bonchev–Trinajstić information content (AvgIpc) is 3.04. The Morgan fingerprint density at radius 2 is 2.00 bits per heavy atom. The third-order valence-electron chi connectivity index (χ3n) is 2.97. The lowest BCUT2D eigenvalue weighted by molar-refractivity contribution is 0.0756. The van der Waals surface area contributed by atoms with Crippen molar-refractivity contribution in [1.29, 1.82) is 0 Å². The zero-order chi connectivity index (χ0) is 11.8. The van der Waals surface area contributed by atoms with Gasteiger partial charge in [0.15, 0.2) is 0 Å². The van der Waals surface area contributed by atoms with Gasteiger partial charge in [-0.3, -0.25) is 0 Å². The topological polar surface area (TPSA) is 30.5 Å². The van der Waals surface area contributed by atoms with Crippen LogP contribution < -0.4 is 5.32 Å². The fourth-order valence-corrected chi connectivity index (χ4v) is 1.87. The molecule has 1 atom stereocenters. The first-order chi connectivity index (χ1) is 7.74. The molecule has 0 radical (unpaired) electrons. The van der Waals surface area contributed by atoms with Gasteiger partial charge in [0.05, 0.1) is 12.7 Å². The van der Waals surface area contributed by atoms with Gasteiger partial charge in [-0.05, 0) is 52.0 Å². The second kappa shape index (κ2) is 8.04. The zero-order valence-corrected chi connectivity index (χ0v) is 11.0. The predicted octanol–water partition coefficient (Wildman–Crippen LogP) is 2.21. The summed E-state index contributed by atoms with van der Waals surface area (Å²) in [6.45, 7) is 7.00. The first kappa shape index (κ1) is 13.9. The molecule has 3 heteroatoms. The van der Waals surface area contributed by atoms with Crippen molar-refractivity contribution in [3.8, 4) is 0 Å². The van der Waals surface area contributed by atoms with Crippen molar-refractivity contribution in [2.24, 2.45) is 5.92 Å². The lowest BCUT2D eigenvalue weighted by Crippen LogP contribution is -2.35. The minimum absolute atomic E-state index is 0.362. The summed E-state index contributed by atoms with van der Waals surface area (Å²) < 4.78 is 10.7. The molecule has 0 heterocycles. The Labute approximate surface area is 99.9 Å². The highest BCUT2D eigenvalue weighted by atomic mass is 16.5.